The molecule has 266 valence electrons. The second-order valence-electron chi connectivity index (χ2n) is 14.2. The molecule has 3 fully saturated rings. The van der Waals surface area contributed by atoms with Crippen LogP contribution in [0, 0.1) is 5.82 Å². The number of hydrogen-bond acceptors (Lipinski definition) is 7. The highest BCUT2D eigenvalue weighted by atomic mass is 35.5. The van der Waals surface area contributed by atoms with E-state index in [-0.39, 0.29) is 18.6 Å². The second-order valence-corrected chi connectivity index (χ2v) is 14.6. The number of aromatic amines is 1. The first-order chi connectivity index (χ1) is 25.4. The number of benzene rings is 3. The summed E-state index contributed by atoms with van der Waals surface area (Å²) < 4.78 is 28.2. The molecule has 0 unspecified atom stereocenters. The number of fused-ring (bicyclic) bond motifs is 2. The lowest BCUT2D eigenvalue weighted by Crippen LogP contribution is -2.35. The Morgan fingerprint density at radius 2 is 1.83 bits per heavy atom. The van der Waals surface area contributed by atoms with Crippen molar-refractivity contribution in [1.29, 1.82) is 0 Å². The summed E-state index contributed by atoms with van der Waals surface area (Å²) in [7, 11) is 0. The van der Waals surface area contributed by atoms with Gasteiger partial charge in [0.25, 0.3) is 5.91 Å². The van der Waals surface area contributed by atoms with Gasteiger partial charge >= 0.3 is 0 Å². The van der Waals surface area contributed by atoms with E-state index in [1.165, 1.54) is 18.9 Å². The molecule has 2 saturated heterocycles. The van der Waals surface area contributed by atoms with E-state index in [1.54, 1.807) is 12.1 Å². The molecule has 6 aromatic rings. The molecule has 3 aromatic heterocycles. The zero-order chi connectivity index (χ0) is 35.2. The van der Waals surface area contributed by atoms with Crippen molar-refractivity contribution in [2.24, 2.45) is 0 Å². The number of H-pyrrole nitrogens is 1. The Labute approximate surface area is 305 Å². The van der Waals surface area contributed by atoms with Crippen molar-refractivity contribution in [2.75, 3.05) is 25.0 Å². The van der Waals surface area contributed by atoms with Gasteiger partial charge in [0.15, 0.2) is 0 Å². The number of nitrogens with zero attached hydrogens (tertiary/aromatic N) is 5. The second kappa shape index (κ2) is 13.9. The van der Waals surface area contributed by atoms with Crippen molar-refractivity contribution in [3.8, 4) is 5.88 Å². The van der Waals surface area contributed by atoms with Crippen LogP contribution in [0.5, 0.6) is 5.88 Å². The molecule has 1 aliphatic carbocycles. The van der Waals surface area contributed by atoms with E-state index in [1.807, 2.05) is 54.6 Å². The summed E-state index contributed by atoms with van der Waals surface area (Å²) in [6, 6.07) is 22.0. The predicted molar refractivity (Wildman–Crippen MR) is 197 cm³/mol. The van der Waals surface area contributed by atoms with E-state index in [9.17, 15) is 9.18 Å². The van der Waals surface area contributed by atoms with Crippen LogP contribution in [-0.2, 0) is 24.4 Å². The number of pyridine rings is 1. The van der Waals surface area contributed by atoms with Crippen LogP contribution in [0.1, 0.15) is 77.1 Å². The predicted octanol–water partition coefficient (Wildman–Crippen LogP) is 7.98. The van der Waals surface area contributed by atoms with Gasteiger partial charge in [-0.3, -0.25) is 14.8 Å². The van der Waals surface area contributed by atoms with Crippen LogP contribution in [0.4, 0.5) is 10.1 Å². The van der Waals surface area contributed by atoms with Gasteiger partial charge < -0.3 is 19.4 Å². The number of aromatic nitrogens is 5. The maximum atomic E-state index is 14.2. The molecular weight excluding hydrogens is 681 g/mol. The highest BCUT2D eigenvalue weighted by Crippen LogP contribution is 2.42. The number of ether oxygens (including phenoxy) is 2. The van der Waals surface area contributed by atoms with Crippen LogP contribution in [0.3, 0.4) is 0 Å². The van der Waals surface area contributed by atoms with Gasteiger partial charge in [-0.15, -0.1) is 0 Å². The van der Waals surface area contributed by atoms with Crippen molar-refractivity contribution in [2.45, 2.75) is 69.7 Å². The molecule has 0 radical (unpaired) electrons. The molecule has 3 aromatic carbocycles. The number of imidazole rings is 1. The van der Waals surface area contributed by atoms with Gasteiger partial charge in [0.2, 0.25) is 5.88 Å². The first-order valence-corrected chi connectivity index (χ1v) is 18.5. The number of carbonyl (C=O) groups excluding carboxylic acids is 1. The van der Waals surface area contributed by atoms with E-state index in [0.717, 1.165) is 90.3 Å². The van der Waals surface area contributed by atoms with Crippen LogP contribution >= 0.6 is 11.6 Å². The Bertz CT molecular complexity index is 2270. The van der Waals surface area contributed by atoms with Crippen LogP contribution in [-0.4, -0.2) is 61.3 Å². The smallest absolute Gasteiger partial charge is 0.255 e. The third kappa shape index (κ3) is 6.88. The summed E-state index contributed by atoms with van der Waals surface area (Å²) in [6.45, 7) is 4.10. The number of rotatable bonds is 11. The molecule has 9 rings (SSSR count). The highest BCUT2D eigenvalue weighted by Gasteiger charge is 2.28. The topological polar surface area (TPSA) is 110 Å². The average molecular weight is 720 g/mol. The molecule has 2 N–H and O–H groups in total. The van der Waals surface area contributed by atoms with Crippen molar-refractivity contribution < 1.29 is 18.7 Å². The fourth-order valence-corrected chi connectivity index (χ4v) is 7.55. The number of hydrogen-bond donors (Lipinski definition) is 2. The Balaban J connectivity index is 0.872. The lowest BCUT2D eigenvalue weighted by Gasteiger charge is -2.32. The molecule has 12 heteroatoms. The molecule has 1 atom stereocenters. The van der Waals surface area contributed by atoms with Gasteiger partial charge in [-0.25, -0.2) is 14.4 Å². The van der Waals surface area contributed by atoms with Gasteiger partial charge in [0, 0.05) is 63.1 Å². The summed E-state index contributed by atoms with van der Waals surface area (Å²) >= 11 is 5.89. The number of piperidine rings is 1. The molecular formula is C40H39ClFN7O3. The molecule has 1 amide bonds. The zero-order valence-corrected chi connectivity index (χ0v) is 29.4. The van der Waals surface area contributed by atoms with Crippen LogP contribution in [0.25, 0.3) is 21.9 Å². The van der Waals surface area contributed by atoms with Gasteiger partial charge in [-0.2, -0.15) is 5.10 Å². The SMILES string of the molecule is O=C(Nc1ccc2n[nH]c(C3CC3)c2c1)c1ccc2c(c1)nc(CN1CCC(c3cccc(OCc4ccc(Cl)cc4F)n3)CC1)n2C[C@@H]1CCO1. The van der Waals surface area contributed by atoms with E-state index >= 15 is 0 Å². The summed E-state index contributed by atoms with van der Waals surface area (Å²) in [5.74, 6) is 1.73. The summed E-state index contributed by atoms with van der Waals surface area (Å²) in [4.78, 5) is 25.8. The molecule has 0 spiro atoms. The zero-order valence-electron chi connectivity index (χ0n) is 28.7. The van der Waals surface area contributed by atoms with E-state index < -0.39 is 5.82 Å². The third-order valence-corrected chi connectivity index (χ3v) is 10.8. The van der Waals surface area contributed by atoms with Crippen molar-refractivity contribution >= 4 is 45.1 Å². The Kier molecular flexibility index (Phi) is 8.86. The molecule has 1 saturated carbocycles. The van der Waals surface area contributed by atoms with Gasteiger partial charge in [0.1, 0.15) is 18.2 Å². The van der Waals surface area contributed by atoms with Gasteiger partial charge in [-0.1, -0.05) is 23.7 Å². The molecule has 10 nitrogen and oxygen atoms in total. The molecule has 2 aliphatic heterocycles. The maximum Gasteiger partial charge on any atom is 0.255 e. The van der Waals surface area contributed by atoms with Crippen LogP contribution in [0.2, 0.25) is 5.02 Å². The lowest BCUT2D eigenvalue weighted by molar-refractivity contribution is -0.0592. The number of likely N-dealkylation sites (tertiary alicyclic amines) is 1. The highest BCUT2D eigenvalue weighted by molar-refractivity contribution is 6.30. The minimum absolute atomic E-state index is 0.0837. The fourth-order valence-electron chi connectivity index (χ4n) is 7.39. The molecule has 3 aliphatic rings. The number of anilines is 1. The Hall–Kier alpha value is -4.84. The van der Waals surface area contributed by atoms with Gasteiger partial charge in [0.05, 0.1) is 35.7 Å². The molecule has 0 bridgehead atoms. The minimum Gasteiger partial charge on any atom is -0.473 e. The normalized spacial score (nSPS) is 18.2. The number of carbonyl (C=O) groups is 1. The van der Waals surface area contributed by atoms with E-state index in [2.05, 4.69) is 25.0 Å². The fraction of sp³-hybridized carbons (Fsp3) is 0.350. The Morgan fingerprint density at radius 1 is 0.962 bits per heavy atom. The monoisotopic (exact) mass is 719 g/mol. The quantitative estimate of drug-likeness (QED) is 0.140. The summed E-state index contributed by atoms with van der Waals surface area (Å²) in [5.41, 5.74) is 6.62. The van der Waals surface area contributed by atoms with Crippen LogP contribution < -0.4 is 10.1 Å². The van der Waals surface area contributed by atoms with Crippen LogP contribution in [0.15, 0.2) is 72.8 Å². The van der Waals surface area contributed by atoms with E-state index in [0.29, 0.717) is 40.4 Å². The largest absolute Gasteiger partial charge is 0.473 e. The van der Waals surface area contributed by atoms with Gasteiger partial charge in [-0.05, 0) is 99.8 Å². The van der Waals surface area contributed by atoms with E-state index in [4.69, 9.17) is 31.0 Å². The van der Waals surface area contributed by atoms with Crippen molar-refractivity contribution in [3.05, 3.63) is 112 Å². The number of nitrogens with one attached hydrogen (secondary N) is 2. The standard InChI is InChI=1S/C40H39ClFN7O3/c41-28-8-6-27(32(42)19-28)23-52-38-3-1-2-33(45-38)24-12-15-48(16-13-24)22-37-44-35-18-26(7-11-36(35)49(37)21-30-14-17-51-30)40(50)43-29-9-10-34-31(20-29)39(47-46-34)25-4-5-25/h1-3,6-11,18-20,24-25,30H,4-5,12-17,21-23H2,(H,43,50)(H,46,47)/t30-/m0/s1. The first kappa shape index (κ1) is 33.0. The number of amides is 1. The maximum absolute atomic E-state index is 14.2. The first-order valence-electron chi connectivity index (χ1n) is 18.1. The summed E-state index contributed by atoms with van der Waals surface area (Å²) in [5, 5.41) is 12.1. The van der Waals surface area contributed by atoms with Crippen molar-refractivity contribution in [1.82, 2.24) is 29.6 Å². The Morgan fingerprint density at radius 3 is 2.62 bits per heavy atom. The number of halogens is 2. The average Bonchev–Trinajstić information content (AvgIpc) is 3.80. The molecule has 5 heterocycles. The van der Waals surface area contributed by atoms with Crippen molar-refractivity contribution in [3.63, 3.8) is 0 Å². The molecule has 52 heavy (non-hydrogen) atoms. The minimum atomic E-state index is -0.391. The summed E-state index contributed by atoms with van der Waals surface area (Å²) in [6.07, 6.45) is 5.44. The third-order valence-electron chi connectivity index (χ3n) is 10.6. The lowest BCUT2D eigenvalue weighted by atomic mass is 9.93.